The van der Waals surface area contributed by atoms with Crippen molar-refractivity contribution in [2.75, 3.05) is 26.7 Å². The molecular formula is C18H24N2. The van der Waals surface area contributed by atoms with Gasteiger partial charge in [-0.1, -0.05) is 42.5 Å². The SMILES string of the molecule is CNCC1CCN(C(C)c2cccc3ccccc23)C1. The minimum Gasteiger partial charge on any atom is -0.319 e. The van der Waals surface area contributed by atoms with Crippen molar-refractivity contribution in [2.45, 2.75) is 19.4 Å². The zero-order valence-corrected chi connectivity index (χ0v) is 12.5. The second-order valence-electron chi connectivity index (χ2n) is 5.95. The summed E-state index contributed by atoms with van der Waals surface area (Å²) in [6.45, 7) is 5.92. The quantitative estimate of drug-likeness (QED) is 0.913. The Labute approximate surface area is 121 Å². The van der Waals surface area contributed by atoms with Crippen LogP contribution in [0.15, 0.2) is 42.5 Å². The van der Waals surface area contributed by atoms with Gasteiger partial charge < -0.3 is 5.32 Å². The standard InChI is InChI=1S/C18H24N2/c1-14(20-11-10-15(13-20)12-19-2)17-9-5-7-16-6-3-4-8-18(16)17/h3-9,14-15,19H,10-13H2,1-2H3. The Balaban J connectivity index is 1.84. The summed E-state index contributed by atoms with van der Waals surface area (Å²) in [5, 5.41) is 6.06. The van der Waals surface area contributed by atoms with E-state index in [4.69, 9.17) is 0 Å². The van der Waals surface area contributed by atoms with Gasteiger partial charge in [0.1, 0.15) is 0 Å². The van der Waals surface area contributed by atoms with Crippen molar-refractivity contribution in [1.82, 2.24) is 10.2 Å². The van der Waals surface area contributed by atoms with Crippen molar-refractivity contribution in [3.63, 3.8) is 0 Å². The van der Waals surface area contributed by atoms with Gasteiger partial charge in [0.2, 0.25) is 0 Å². The lowest BCUT2D eigenvalue weighted by Crippen LogP contribution is -2.27. The van der Waals surface area contributed by atoms with Gasteiger partial charge in [0, 0.05) is 12.6 Å². The topological polar surface area (TPSA) is 15.3 Å². The maximum absolute atomic E-state index is 3.31. The number of likely N-dealkylation sites (tertiary alicyclic amines) is 1. The maximum atomic E-state index is 3.31. The van der Waals surface area contributed by atoms with Gasteiger partial charge in [-0.3, -0.25) is 4.90 Å². The summed E-state index contributed by atoms with van der Waals surface area (Å²) < 4.78 is 0. The Morgan fingerprint density at radius 3 is 2.85 bits per heavy atom. The van der Waals surface area contributed by atoms with Gasteiger partial charge in [-0.05, 0) is 55.7 Å². The fraction of sp³-hybridized carbons (Fsp3) is 0.444. The van der Waals surface area contributed by atoms with Gasteiger partial charge in [0.15, 0.2) is 0 Å². The van der Waals surface area contributed by atoms with E-state index in [0.717, 1.165) is 12.5 Å². The minimum absolute atomic E-state index is 0.503. The first kappa shape index (κ1) is 13.6. The van der Waals surface area contributed by atoms with Crippen LogP contribution in [0.2, 0.25) is 0 Å². The summed E-state index contributed by atoms with van der Waals surface area (Å²) in [5.41, 5.74) is 1.47. The van der Waals surface area contributed by atoms with Crippen molar-refractivity contribution in [1.29, 1.82) is 0 Å². The summed E-state index contributed by atoms with van der Waals surface area (Å²) >= 11 is 0. The second kappa shape index (κ2) is 5.94. The van der Waals surface area contributed by atoms with Crippen LogP contribution in [0.25, 0.3) is 10.8 Å². The van der Waals surface area contributed by atoms with Crippen molar-refractivity contribution in [3.05, 3.63) is 48.0 Å². The Kier molecular flexibility index (Phi) is 4.04. The fourth-order valence-electron chi connectivity index (χ4n) is 3.48. The average molecular weight is 268 g/mol. The molecule has 20 heavy (non-hydrogen) atoms. The van der Waals surface area contributed by atoms with Crippen LogP contribution in [-0.2, 0) is 0 Å². The highest BCUT2D eigenvalue weighted by atomic mass is 15.2. The normalized spacial score (nSPS) is 21.4. The van der Waals surface area contributed by atoms with Crippen LogP contribution < -0.4 is 5.32 Å². The molecule has 0 aromatic heterocycles. The largest absolute Gasteiger partial charge is 0.319 e. The molecule has 1 fully saturated rings. The lowest BCUT2D eigenvalue weighted by Gasteiger charge is -2.26. The van der Waals surface area contributed by atoms with Crippen LogP contribution in [0.1, 0.15) is 24.9 Å². The molecule has 0 bridgehead atoms. The molecule has 0 aliphatic carbocycles. The summed E-state index contributed by atoms with van der Waals surface area (Å²) in [6, 6.07) is 15.9. The molecule has 0 amide bonds. The van der Waals surface area contributed by atoms with Crippen LogP contribution in [0.5, 0.6) is 0 Å². The number of nitrogens with zero attached hydrogens (tertiary/aromatic N) is 1. The van der Waals surface area contributed by atoms with Crippen molar-refractivity contribution >= 4 is 10.8 Å². The van der Waals surface area contributed by atoms with Crippen molar-refractivity contribution in [2.24, 2.45) is 5.92 Å². The van der Waals surface area contributed by atoms with E-state index in [9.17, 15) is 0 Å². The predicted octanol–water partition coefficient (Wildman–Crippen LogP) is 3.44. The molecule has 1 N–H and O–H groups in total. The van der Waals surface area contributed by atoms with Gasteiger partial charge >= 0.3 is 0 Å². The van der Waals surface area contributed by atoms with Gasteiger partial charge in [-0.25, -0.2) is 0 Å². The molecule has 2 nitrogen and oxygen atoms in total. The van der Waals surface area contributed by atoms with E-state index in [1.807, 2.05) is 0 Å². The van der Waals surface area contributed by atoms with Gasteiger partial charge in [-0.2, -0.15) is 0 Å². The Hall–Kier alpha value is -1.38. The average Bonchev–Trinajstić information content (AvgIpc) is 2.95. The third-order valence-corrected chi connectivity index (χ3v) is 4.63. The molecule has 1 aliphatic heterocycles. The molecule has 1 heterocycles. The molecule has 0 spiro atoms. The van der Waals surface area contributed by atoms with Gasteiger partial charge in [0.25, 0.3) is 0 Å². The highest BCUT2D eigenvalue weighted by Crippen LogP contribution is 2.31. The summed E-state index contributed by atoms with van der Waals surface area (Å²) in [6.07, 6.45) is 1.32. The van der Waals surface area contributed by atoms with Crippen LogP contribution in [0.3, 0.4) is 0 Å². The lowest BCUT2D eigenvalue weighted by atomic mass is 9.99. The number of hydrogen-bond acceptors (Lipinski definition) is 2. The maximum Gasteiger partial charge on any atom is 0.0326 e. The molecule has 2 aromatic rings. The molecule has 1 saturated heterocycles. The van der Waals surface area contributed by atoms with Crippen LogP contribution in [-0.4, -0.2) is 31.6 Å². The van der Waals surface area contributed by atoms with E-state index >= 15 is 0 Å². The Morgan fingerprint density at radius 2 is 2.00 bits per heavy atom. The second-order valence-corrected chi connectivity index (χ2v) is 5.95. The lowest BCUT2D eigenvalue weighted by molar-refractivity contribution is 0.253. The molecule has 106 valence electrons. The minimum atomic E-state index is 0.503. The van der Waals surface area contributed by atoms with Crippen LogP contribution in [0.4, 0.5) is 0 Å². The van der Waals surface area contributed by atoms with Crippen molar-refractivity contribution < 1.29 is 0 Å². The number of benzene rings is 2. The predicted molar refractivity (Wildman–Crippen MR) is 86.0 cm³/mol. The van der Waals surface area contributed by atoms with E-state index in [1.165, 1.54) is 35.8 Å². The number of nitrogens with one attached hydrogen (secondary N) is 1. The fourth-order valence-corrected chi connectivity index (χ4v) is 3.48. The third kappa shape index (κ3) is 2.58. The third-order valence-electron chi connectivity index (χ3n) is 4.63. The van der Waals surface area contributed by atoms with Crippen molar-refractivity contribution in [3.8, 4) is 0 Å². The number of hydrogen-bond donors (Lipinski definition) is 1. The summed E-state index contributed by atoms with van der Waals surface area (Å²) in [7, 11) is 2.05. The van der Waals surface area contributed by atoms with E-state index in [0.29, 0.717) is 6.04 Å². The Morgan fingerprint density at radius 1 is 1.20 bits per heavy atom. The molecule has 0 saturated carbocycles. The van der Waals surface area contributed by atoms with E-state index in [-0.39, 0.29) is 0 Å². The monoisotopic (exact) mass is 268 g/mol. The van der Waals surface area contributed by atoms with Crippen LogP contribution >= 0.6 is 0 Å². The molecule has 2 unspecified atom stereocenters. The van der Waals surface area contributed by atoms with Gasteiger partial charge in [0.05, 0.1) is 0 Å². The zero-order valence-electron chi connectivity index (χ0n) is 12.5. The summed E-state index contributed by atoms with van der Waals surface area (Å²) in [5.74, 6) is 0.803. The van der Waals surface area contributed by atoms with Crippen LogP contribution in [0, 0.1) is 5.92 Å². The molecule has 3 rings (SSSR count). The first-order chi connectivity index (χ1) is 9.79. The van der Waals surface area contributed by atoms with E-state index in [2.05, 4.69) is 66.7 Å². The first-order valence-corrected chi connectivity index (χ1v) is 7.66. The smallest absolute Gasteiger partial charge is 0.0326 e. The molecular weight excluding hydrogens is 244 g/mol. The van der Waals surface area contributed by atoms with E-state index < -0.39 is 0 Å². The molecule has 2 aromatic carbocycles. The molecule has 1 aliphatic rings. The Bertz CT molecular complexity index is 573. The molecule has 0 radical (unpaired) electrons. The van der Waals surface area contributed by atoms with Gasteiger partial charge in [-0.15, -0.1) is 0 Å². The highest BCUT2D eigenvalue weighted by Gasteiger charge is 2.26. The number of fused-ring (bicyclic) bond motifs is 1. The molecule has 2 heteroatoms. The molecule has 2 atom stereocenters. The van der Waals surface area contributed by atoms with E-state index in [1.54, 1.807) is 0 Å². The summed E-state index contributed by atoms with van der Waals surface area (Å²) in [4.78, 5) is 2.63. The first-order valence-electron chi connectivity index (χ1n) is 7.66. The highest BCUT2D eigenvalue weighted by molar-refractivity contribution is 5.86. The zero-order chi connectivity index (χ0) is 13.9. The number of rotatable bonds is 4.